The molecule has 0 amide bonds. The summed E-state index contributed by atoms with van der Waals surface area (Å²) >= 11 is 0. The fourth-order valence-electron chi connectivity index (χ4n) is 2.90. The normalized spacial score (nSPS) is 16.7. The largest absolute Gasteiger partial charge is 0.314 e. The summed E-state index contributed by atoms with van der Waals surface area (Å²) in [6, 6.07) is 7.05. The number of benzene rings is 1. The van der Waals surface area contributed by atoms with Gasteiger partial charge in [-0.1, -0.05) is 32.0 Å². The van der Waals surface area contributed by atoms with E-state index in [0.717, 1.165) is 25.9 Å². The van der Waals surface area contributed by atoms with Crippen LogP contribution in [0.1, 0.15) is 37.0 Å². The maximum atomic E-state index is 3.41. The molecule has 1 aliphatic heterocycles. The van der Waals surface area contributed by atoms with Crippen molar-refractivity contribution in [2.45, 2.75) is 39.5 Å². The van der Waals surface area contributed by atoms with Crippen LogP contribution in [0, 0.1) is 0 Å². The van der Waals surface area contributed by atoms with E-state index in [-0.39, 0.29) is 0 Å². The van der Waals surface area contributed by atoms with Crippen molar-refractivity contribution in [3.05, 3.63) is 34.9 Å². The highest BCUT2D eigenvalue weighted by Crippen LogP contribution is 2.16. The van der Waals surface area contributed by atoms with E-state index in [1.165, 1.54) is 43.6 Å². The van der Waals surface area contributed by atoms with Crippen LogP contribution in [0.3, 0.4) is 0 Å². The molecule has 106 valence electrons. The van der Waals surface area contributed by atoms with Crippen LogP contribution in [0.5, 0.6) is 0 Å². The van der Waals surface area contributed by atoms with E-state index in [0.29, 0.717) is 0 Å². The first-order valence-corrected chi connectivity index (χ1v) is 7.87. The summed E-state index contributed by atoms with van der Waals surface area (Å²) in [6.07, 6.45) is 4.84. The lowest BCUT2D eigenvalue weighted by molar-refractivity contribution is 0.238. The predicted octanol–water partition coefficient (Wildman–Crippen LogP) is 2.65. The maximum Gasteiger partial charge on any atom is 0.0107 e. The summed E-state index contributed by atoms with van der Waals surface area (Å²) in [4.78, 5) is 2.59. The minimum atomic E-state index is 1.15. The Morgan fingerprint density at radius 3 is 2.53 bits per heavy atom. The van der Waals surface area contributed by atoms with Gasteiger partial charge in [-0.3, -0.25) is 0 Å². The molecule has 2 rings (SSSR count). The van der Waals surface area contributed by atoms with Gasteiger partial charge in [-0.15, -0.1) is 0 Å². The highest BCUT2D eigenvalue weighted by molar-refractivity contribution is 5.32. The Bertz CT molecular complexity index is 381. The lowest BCUT2D eigenvalue weighted by Gasteiger charge is -2.27. The molecule has 1 aromatic carbocycles. The number of hydrogen-bond donors (Lipinski definition) is 1. The highest BCUT2D eigenvalue weighted by Gasteiger charge is 2.09. The monoisotopic (exact) mass is 260 g/mol. The molecule has 1 aromatic rings. The fourth-order valence-corrected chi connectivity index (χ4v) is 2.90. The van der Waals surface area contributed by atoms with E-state index in [9.17, 15) is 0 Å². The van der Waals surface area contributed by atoms with E-state index >= 15 is 0 Å². The number of rotatable bonds is 6. The molecule has 1 aliphatic rings. The van der Waals surface area contributed by atoms with E-state index in [4.69, 9.17) is 0 Å². The van der Waals surface area contributed by atoms with E-state index < -0.39 is 0 Å². The molecule has 1 fully saturated rings. The van der Waals surface area contributed by atoms with Gasteiger partial charge in [-0.25, -0.2) is 0 Å². The van der Waals surface area contributed by atoms with Crippen molar-refractivity contribution in [2.24, 2.45) is 0 Å². The highest BCUT2D eigenvalue weighted by atomic mass is 15.2. The van der Waals surface area contributed by atoms with Gasteiger partial charge in [0.25, 0.3) is 0 Å². The Morgan fingerprint density at radius 1 is 1.05 bits per heavy atom. The molecule has 0 unspecified atom stereocenters. The van der Waals surface area contributed by atoms with E-state index in [2.05, 4.69) is 42.3 Å². The van der Waals surface area contributed by atoms with Crippen molar-refractivity contribution in [2.75, 3.05) is 32.7 Å². The molecular formula is C17H28N2. The third-order valence-corrected chi connectivity index (χ3v) is 4.19. The molecule has 1 N–H and O–H groups in total. The molecule has 0 aromatic heterocycles. The smallest absolute Gasteiger partial charge is 0.0107 e. The van der Waals surface area contributed by atoms with E-state index in [1.807, 2.05) is 0 Å². The summed E-state index contributed by atoms with van der Waals surface area (Å²) in [5, 5.41) is 3.41. The van der Waals surface area contributed by atoms with Gasteiger partial charge in [0, 0.05) is 26.2 Å². The maximum absolute atomic E-state index is 3.41. The lowest BCUT2D eigenvalue weighted by atomic mass is 9.97. The van der Waals surface area contributed by atoms with Crippen LogP contribution in [0.2, 0.25) is 0 Å². The minimum absolute atomic E-state index is 1.15. The lowest BCUT2D eigenvalue weighted by Crippen LogP contribution is -2.43. The zero-order valence-electron chi connectivity index (χ0n) is 12.5. The Labute approximate surface area is 118 Å². The number of hydrogen-bond acceptors (Lipinski definition) is 2. The van der Waals surface area contributed by atoms with Gasteiger partial charge in [0.15, 0.2) is 0 Å². The first-order valence-electron chi connectivity index (χ1n) is 7.87. The van der Waals surface area contributed by atoms with Gasteiger partial charge in [-0.2, -0.15) is 0 Å². The minimum Gasteiger partial charge on any atom is -0.314 e. The average molecular weight is 260 g/mol. The van der Waals surface area contributed by atoms with Crippen LogP contribution >= 0.6 is 0 Å². The van der Waals surface area contributed by atoms with Crippen molar-refractivity contribution < 1.29 is 0 Å². The third-order valence-electron chi connectivity index (χ3n) is 4.19. The van der Waals surface area contributed by atoms with Crippen LogP contribution in [0.4, 0.5) is 0 Å². The summed E-state index contributed by atoms with van der Waals surface area (Å²) in [5.74, 6) is 0. The Morgan fingerprint density at radius 2 is 1.84 bits per heavy atom. The zero-order chi connectivity index (χ0) is 13.5. The molecule has 0 radical (unpaired) electrons. The molecule has 19 heavy (non-hydrogen) atoms. The molecule has 0 saturated carbocycles. The van der Waals surface area contributed by atoms with Crippen molar-refractivity contribution in [3.63, 3.8) is 0 Å². The summed E-state index contributed by atoms with van der Waals surface area (Å²) < 4.78 is 0. The molecule has 2 heteroatoms. The van der Waals surface area contributed by atoms with Gasteiger partial charge >= 0.3 is 0 Å². The molecule has 2 nitrogen and oxygen atoms in total. The van der Waals surface area contributed by atoms with Gasteiger partial charge in [0.05, 0.1) is 0 Å². The van der Waals surface area contributed by atoms with E-state index in [1.54, 1.807) is 5.56 Å². The van der Waals surface area contributed by atoms with Crippen molar-refractivity contribution in [1.29, 1.82) is 0 Å². The molecule has 0 aliphatic carbocycles. The molecule has 0 spiro atoms. The molecule has 0 atom stereocenters. The summed E-state index contributed by atoms with van der Waals surface area (Å²) in [6.45, 7) is 10.5. The third kappa shape index (κ3) is 4.32. The van der Waals surface area contributed by atoms with Crippen molar-refractivity contribution in [1.82, 2.24) is 10.2 Å². The van der Waals surface area contributed by atoms with Crippen molar-refractivity contribution in [3.8, 4) is 0 Å². The molecule has 1 saturated heterocycles. The Balaban J connectivity index is 1.86. The van der Waals surface area contributed by atoms with Crippen LogP contribution in [0.15, 0.2) is 18.2 Å². The molecule has 0 bridgehead atoms. The Kier molecular flexibility index (Phi) is 5.87. The topological polar surface area (TPSA) is 15.3 Å². The van der Waals surface area contributed by atoms with Gasteiger partial charge < -0.3 is 10.2 Å². The fraction of sp³-hybridized carbons (Fsp3) is 0.647. The molecule has 1 heterocycles. The zero-order valence-corrected chi connectivity index (χ0v) is 12.5. The van der Waals surface area contributed by atoms with Gasteiger partial charge in [-0.05, 0) is 48.9 Å². The second kappa shape index (κ2) is 7.66. The SMILES string of the molecule is CCc1ccc(CC)c(CCCN2CCNCC2)c1. The first-order chi connectivity index (χ1) is 9.33. The quantitative estimate of drug-likeness (QED) is 0.846. The van der Waals surface area contributed by atoms with Crippen LogP contribution < -0.4 is 5.32 Å². The van der Waals surface area contributed by atoms with Gasteiger partial charge in [0.2, 0.25) is 0 Å². The second-order valence-corrected chi connectivity index (χ2v) is 5.51. The number of nitrogens with zero attached hydrogens (tertiary/aromatic N) is 1. The van der Waals surface area contributed by atoms with Crippen molar-refractivity contribution >= 4 is 0 Å². The average Bonchev–Trinajstić information content (AvgIpc) is 2.48. The number of aryl methyl sites for hydroxylation is 3. The molecular weight excluding hydrogens is 232 g/mol. The number of piperazine rings is 1. The van der Waals surface area contributed by atoms with Crippen LogP contribution in [-0.2, 0) is 19.3 Å². The Hall–Kier alpha value is -0.860. The standard InChI is InChI=1S/C17H28N2/c1-3-15-7-8-16(4-2)17(14-15)6-5-11-19-12-9-18-10-13-19/h7-8,14,18H,3-6,9-13H2,1-2H3. The number of nitrogens with one attached hydrogen (secondary N) is 1. The summed E-state index contributed by atoms with van der Waals surface area (Å²) in [7, 11) is 0. The first kappa shape index (κ1) is 14.5. The summed E-state index contributed by atoms with van der Waals surface area (Å²) in [5.41, 5.74) is 4.60. The predicted molar refractivity (Wildman–Crippen MR) is 82.8 cm³/mol. The second-order valence-electron chi connectivity index (χ2n) is 5.51. The van der Waals surface area contributed by atoms with Gasteiger partial charge in [0.1, 0.15) is 0 Å². The van der Waals surface area contributed by atoms with Crippen LogP contribution in [0.25, 0.3) is 0 Å². The van der Waals surface area contributed by atoms with Crippen LogP contribution in [-0.4, -0.2) is 37.6 Å².